The zero-order chi connectivity index (χ0) is 13.8. The van der Waals surface area contributed by atoms with Crippen molar-refractivity contribution in [3.63, 3.8) is 0 Å². The molecule has 0 aliphatic heterocycles. The van der Waals surface area contributed by atoms with Crippen LogP contribution in [0.2, 0.25) is 0 Å². The molecule has 0 spiro atoms. The lowest BCUT2D eigenvalue weighted by Gasteiger charge is -2.11. The van der Waals surface area contributed by atoms with E-state index in [4.69, 9.17) is 4.74 Å². The van der Waals surface area contributed by atoms with Crippen LogP contribution in [0.5, 0.6) is 5.88 Å². The van der Waals surface area contributed by atoms with Crippen molar-refractivity contribution < 1.29 is 14.8 Å². The maximum Gasteiger partial charge on any atom is 0.372 e. The Bertz CT molecular complexity index is 468. The summed E-state index contributed by atoms with van der Waals surface area (Å²) in [5.41, 5.74) is -0.261. The molecule has 2 unspecified atom stereocenters. The molecule has 1 aliphatic carbocycles. The van der Waals surface area contributed by atoms with E-state index in [2.05, 4.69) is 15.3 Å². The van der Waals surface area contributed by atoms with Crippen LogP contribution in [0.4, 0.5) is 11.5 Å². The zero-order valence-electron chi connectivity index (χ0n) is 10.6. The number of aromatic nitrogens is 2. The Hall–Kier alpha value is -1.96. The lowest BCUT2D eigenvalue weighted by atomic mass is 10.1. The standard InChI is InChI=1S/C11H16N4O4/c1-19-11-9(15(17)18)10(13-6-14-11)12-5-7-2-3-8(16)4-7/h6-8,16H,2-5H2,1H3,(H,12,13,14). The van der Waals surface area contributed by atoms with E-state index in [9.17, 15) is 15.2 Å². The van der Waals surface area contributed by atoms with Gasteiger partial charge in [0, 0.05) is 6.54 Å². The lowest BCUT2D eigenvalue weighted by Crippen LogP contribution is -2.15. The molecule has 8 nitrogen and oxygen atoms in total. The summed E-state index contributed by atoms with van der Waals surface area (Å²) in [6, 6.07) is 0. The van der Waals surface area contributed by atoms with Gasteiger partial charge in [0.15, 0.2) is 0 Å². The van der Waals surface area contributed by atoms with E-state index in [1.54, 1.807) is 0 Å². The van der Waals surface area contributed by atoms with E-state index >= 15 is 0 Å². The average molecular weight is 268 g/mol. The van der Waals surface area contributed by atoms with Gasteiger partial charge in [0.2, 0.25) is 5.82 Å². The predicted molar refractivity (Wildman–Crippen MR) is 67.1 cm³/mol. The van der Waals surface area contributed by atoms with Crippen molar-refractivity contribution in [3.8, 4) is 5.88 Å². The van der Waals surface area contributed by atoms with Gasteiger partial charge in [0.25, 0.3) is 5.88 Å². The van der Waals surface area contributed by atoms with Crippen molar-refractivity contribution >= 4 is 11.5 Å². The number of nitro groups is 1. The Balaban J connectivity index is 2.09. The highest BCUT2D eigenvalue weighted by Gasteiger charge is 2.26. The Morgan fingerprint density at radius 3 is 2.95 bits per heavy atom. The largest absolute Gasteiger partial charge is 0.476 e. The van der Waals surface area contributed by atoms with Crippen molar-refractivity contribution in [2.45, 2.75) is 25.4 Å². The summed E-state index contributed by atoms with van der Waals surface area (Å²) < 4.78 is 4.86. The third-order valence-corrected chi connectivity index (χ3v) is 3.24. The summed E-state index contributed by atoms with van der Waals surface area (Å²) in [6.45, 7) is 0.540. The van der Waals surface area contributed by atoms with Crippen LogP contribution in [0.1, 0.15) is 19.3 Å². The van der Waals surface area contributed by atoms with E-state index in [-0.39, 0.29) is 23.5 Å². The Morgan fingerprint density at radius 2 is 2.37 bits per heavy atom. The van der Waals surface area contributed by atoms with Crippen molar-refractivity contribution in [1.29, 1.82) is 0 Å². The zero-order valence-corrected chi connectivity index (χ0v) is 10.6. The van der Waals surface area contributed by atoms with Crippen molar-refractivity contribution in [3.05, 3.63) is 16.4 Å². The average Bonchev–Trinajstić information content (AvgIpc) is 2.81. The van der Waals surface area contributed by atoms with Gasteiger partial charge in [0.1, 0.15) is 6.33 Å². The van der Waals surface area contributed by atoms with Crippen LogP contribution in [-0.2, 0) is 0 Å². The minimum atomic E-state index is -0.565. The number of aliphatic hydroxyl groups excluding tert-OH is 1. The Kier molecular flexibility index (Phi) is 4.10. The molecule has 2 N–H and O–H groups in total. The van der Waals surface area contributed by atoms with Crippen molar-refractivity contribution in [1.82, 2.24) is 9.97 Å². The highest BCUT2D eigenvalue weighted by Crippen LogP contribution is 2.31. The highest BCUT2D eigenvalue weighted by atomic mass is 16.6. The number of hydrogen-bond donors (Lipinski definition) is 2. The normalized spacial score (nSPS) is 22.2. The molecule has 0 bridgehead atoms. The van der Waals surface area contributed by atoms with E-state index in [0.717, 1.165) is 12.8 Å². The second kappa shape index (κ2) is 5.79. The molecule has 1 fully saturated rings. The van der Waals surface area contributed by atoms with Gasteiger partial charge in [-0.1, -0.05) is 0 Å². The molecule has 1 saturated carbocycles. The summed E-state index contributed by atoms with van der Waals surface area (Å²) in [6.07, 6.45) is 3.36. The first kappa shape index (κ1) is 13.5. The fraction of sp³-hybridized carbons (Fsp3) is 0.636. The molecule has 1 aromatic rings. The molecule has 1 aromatic heterocycles. The SMILES string of the molecule is COc1ncnc(NCC2CCC(O)C2)c1[N+](=O)[O-]. The molecule has 104 valence electrons. The van der Waals surface area contributed by atoms with Crippen molar-refractivity contribution in [2.24, 2.45) is 5.92 Å². The maximum atomic E-state index is 11.0. The van der Waals surface area contributed by atoms with Gasteiger partial charge in [0.05, 0.1) is 18.1 Å². The summed E-state index contributed by atoms with van der Waals surface area (Å²) in [5.74, 6) is 0.391. The molecule has 0 saturated heterocycles. The first-order valence-corrected chi connectivity index (χ1v) is 6.07. The third kappa shape index (κ3) is 3.08. The number of methoxy groups -OCH3 is 1. The van der Waals surface area contributed by atoms with Gasteiger partial charge in [-0.3, -0.25) is 10.1 Å². The van der Waals surface area contributed by atoms with Gasteiger partial charge in [-0.05, 0) is 25.2 Å². The summed E-state index contributed by atoms with van der Waals surface area (Å²) >= 11 is 0. The number of nitrogens with zero attached hydrogens (tertiary/aromatic N) is 3. The van der Waals surface area contributed by atoms with Gasteiger partial charge >= 0.3 is 5.69 Å². The van der Waals surface area contributed by atoms with Gasteiger partial charge in [-0.25, -0.2) is 4.98 Å². The fourth-order valence-corrected chi connectivity index (χ4v) is 2.28. The van der Waals surface area contributed by atoms with E-state index in [0.29, 0.717) is 18.9 Å². The highest BCUT2D eigenvalue weighted by molar-refractivity contribution is 5.61. The van der Waals surface area contributed by atoms with Crippen LogP contribution in [0.3, 0.4) is 0 Å². The number of nitrogens with one attached hydrogen (secondary N) is 1. The molecular formula is C11H16N4O4. The van der Waals surface area contributed by atoms with Gasteiger partial charge in [-0.15, -0.1) is 0 Å². The maximum absolute atomic E-state index is 11.0. The predicted octanol–water partition coefficient (Wildman–Crippen LogP) is 0.966. The van der Waals surface area contributed by atoms with Crippen LogP contribution in [0, 0.1) is 16.0 Å². The van der Waals surface area contributed by atoms with Crippen LogP contribution in [-0.4, -0.2) is 39.8 Å². The molecule has 8 heteroatoms. The molecule has 1 heterocycles. The quantitative estimate of drug-likeness (QED) is 0.604. The number of anilines is 1. The molecule has 0 amide bonds. The number of rotatable bonds is 5. The minimum Gasteiger partial charge on any atom is -0.476 e. The van der Waals surface area contributed by atoms with Crippen molar-refractivity contribution in [2.75, 3.05) is 19.0 Å². The Morgan fingerprint density at radius 1 is 1.58 bits per heavy atom. The fourth-order valence-electron chi connectivity index (χ4n) is 2.28. The topological polar surface area (TPSA) is 110 Å². The third-order valence-electron chi connectivity index (χ3n) is 3.24. The van der Waals surface area contributed by atoms with Crippen LogP contribution in [0.15, 0.2) is 6.33 Å². The minimum absolute atomic E-state index is 0.0612. The molecular weight excluding hydrogens is 252 g/mol. The molecule has 2 atom stereocenters. The first-order chi connectivity index (χ1) is 9.11. The van der Waals surface area contributed by atoms with Crippen LogP contribution >= 0.6 is 0 Å². The van der Waals surface area contributed by atoms with E-state index < -0.39 is 4.92 Å². The first-order valence-electron chi connectivity index (χ1n) is 6.07. The number of hydrogen-bond acceptors (Lipinski definition) is 7. The van der Waals surface area contributed by atoms with Gasteiger partial charge in [-0.2, -0.15) is 4.98 Å². The molecule has 0 aromatic carbocycles. The molecule has 1 aliphatic rings. The van der Waals surface area contributed by atoms with E-state index in [1.165, 1.54) is 13.4 Å². The lowest BCUT2D eigenvalue weighted by molar-refractivity contribution is -0.385. The van der Waals surface area contributed by atoms with Crippen LogP contribution < -0.4 is 10.1 Å². The number of ether oxygens (including phenoxy) is 1. The molecule has 19 heavy (non-hydrogen) atoms. The van der Waals surface area contributed by atoms with E-state index in [1.807, 2.05) is 0 Å². The molecule has 0 radical (unpaired) electrons. The number of aliphatic hydroxyl groups is 1. The summed E-state index contributed by atoms with van der Waals surface area (Å²) in [4.78, 5) is 18.0. The second-order valence-corrected chi connectivity index (χ2v) is 4.55. The monoisotopic (exact) mass is 268 g/mol. The molecule has 2 rings (SSSR count). The second-order valence-electron chi connectivity index (χ2n) is 4.55. The Labute approximate surface area is 110 Å². The van der Waals surface area contributed by atoms with Gasteiger partial charge < -0.3 is 15.2 Å². The summed E-state index contributed by atoms with van der Waals surface area (Å²) in [5, 5.41) is 23.4. The smallest absolute Gasteiger partial charge is 0.372 e. The summed E-state index contributed by atoms with van der Waals surface area (Å²) in [7, 11) is 1.33. The van der Waals surface area contributed by atoms with Crippen LogP contribution in [0.25, 0.3) is 0 Å².